The molecular weight excluding hydrogens is 192 g/mol. The van der Waals surface area contributed by atoms with Crippen LogP contribution in [-0.4, -0.2) is 44.8 Å². The van der Waals surface area contributed by atoms with Crippen LogP contribution in [0.25, 0.3) is 10.9 Å². The summed E-state index contributed by atoms with van der Waals surface area (Å²) in [5, 5.41) is 10.3. The first-order valence-electron chi connectivity index (χ1n) is 3.40. The second-order valence-electron chi connectivity index (χ2n) is 2.35. The Balaban J connectivity index is 0.000000720. The lowest BCUT2D eigenvalue weighted by atomic mass is 10.2. The number of phenols is 1. The summed E-state index contributed by atoms with van der Waals surface area (Å²) in [7, 11) is 0. The lowest BCUT2D eigenvalue weighted by Crippen LogP contribution is -1.76. The van der Waals surface area contributed by atoms with E-state index in [2.05, 4.69) is 4.98 Å². The van der Waals surface area contributed by atoms with Gasteiger partial charge < -0.3 is 5.11 Å². The minimum Gasteiger partial charge on any atom is -0.506 e. The van der Waals surface area contributed by atoms with Crippen molar-refractivity contribution < 1.29 is 5.11 Å². The molecule has 0 saturated heterocycles. The first-order chi connectivity index (χ1) is 5.38. The Morgan fingerprint density at radius 1 is 1.00 bits per heavy atom. The van der Waals surface area contributed by atoms with E-state index in [9.17, 15) is 5.11 Å². The first kappa shape index (κ1) is 12.5. The minimum atomic E-state index is 0. The standard InChI is InChI=1S/C9H7NO.2Al/c11-8-5-1-3-7-4-2-6-10-9(7)8;;/h1-6,11H;;. The van der Waals surface area contributed by atoms with Crippen LogP contribution in [0.3, 0.4) is 0 Å². The molecule has 6 radical (unpaired) electrons. The van der Waals surface area contributed by atoms with Crippen molar-refractivity contribution in [3.63, 3.8) is 0 Å². The number of phenolic OH excluding ortho intramolecular Hbond substituents is 1. The number of hydrogen-bond donors (Lipinski definition) is 1. The van der Waals surface area contributed by atoms with Crippen molar-refractivity contribution in [2.45, 2.75) is 0 Å². The van der Waals surface area contributed by atoms with Gasteiger partial charge in [0.25, 0.3) is 0 Å². The summed E-state index contributed by atoms with van der Waals surface area (Å²) in [6.07, 6.45) is 1.67. The van der Waals surface area contributed by atoms with Crippen molar-refractivity contribution in [1.29, 1.82) is 0 Å². The molecule has 13 heavy (non-hydrogen) atoms. The maximum absolute atomic E-state index is 9.31. The Morgan fingerprint density at radius 2 is 1.69 bits per heavy atom. The van der Waals surface area contributed by atoms with Crippen LogP contribution in [0.15, 0.2) is 36.5 Å². The molecule has 1 aromatic carbocycles. The number of nitrogens with zero attached hydrogens (tertiary/aromatic N) is 1. The predicted octanol–water partition coefficient (Wildman–Crippen LogP) is 1.18. The van der Waals surface area contributed by atoms with Gasteiger partial charge >= 0.3 is 0 Å². The molecule has 4 heteroatoms. The fourth-order valence-electron chi connectivity index (χ4n) is 1.09. The number of rotatable bonds is 0. The lowest BCUT2D eigenvalue weighted by Gasteiger charge is -1.96. The molecule has 0 fully saturated rings. The van der Waals surface area contributed by atoms with E-state index >= 15 is 0 Å². The molecule has 0 unspecified atom stereocenters. The number of aromatic nitrogens is 1. The molecule has 0 amide bonds. The Hall–Kier alpha value is -0.505. The molecule has 0 atom stereocenters. The monoisotopic (exact) mass is 199 g/mol. The van der Waals surface area contributed by atoms with Crippen molar-refractivity contribution in [2.24, 2.45) is 0 Å². The normalized spacial score (nSPS) is 8.62. The molecule has 2 rings (SSSR count). The van der Waals surface area contributed by atoms with E-state index in [1.807, 2.05) is 18.2 Å². The van der Waals surface area contributed by atoms with Gasteiger partial charge in [-0.15, -0.1) is 0 Å². The summed E-state index contributed by atoms with van der Waals surface area (Å²) in [4.78, 5) is 4.03. The highest BCUT2D eigenvalue weighted by molar-refractivity contribution is 5.83. The van der Waals surface area contributed by atoms with Crippen molar-refractivity contribution >= 4 is 45.6 Å². The van der Waals surface area contributed by atoms with Gasteiger partial charge in [-0.25, -0.2) is 0 Å². The molecule has 1 N–H and O–H groups in total. The summed E-state index contributed by atoms with van der Waals surface area (Å²) >= 11 is 0. The minimum absolute atomic E-state index is 0. The maximum Gasteiger partial charge on any atom is 0.141 e. The summed E-state index contributed by atoms with van der Waals surface area (Å²) in [6, 6.07) is 9.13. The maximum atomic E-state index is 9.31. The Bertz CT molecular complexity index is 387. The third-order valence-electron chi connectivity index (χ3n) is 1.61. The fraction of sp³-hybridized carbons (Fsp3) is 0. The molecule has 60 valence electrons. The third kappa shape index (κ3) is 2.47. The molecule has 1 heterocycles. The zero-order chi connectivity index (χ0) is 7.68. The second kappa shape index (κ2) is 5.27. The van der Waals surface area contributed by atoms with Gasteiger partial charge in [-0.3, -0.25) is 4.98 Å². The number of pyridine rings is 1. The Kier molecular flexibility index (Phi) is 5.07. The van der Waals surface area contributed by atoms with Gasteiger partial charge in [0.2, 0.25) is 0 Å². The van der Waals surface area contributed by atoms with Crippen LogP contribution in [-0.2, 0) is 0 Å². The summed E-state index contributed by atoms with van der Waals surface area (Å²) in [6.45, 7) is 0. The second-order valence-corrected chi connectivity index (χ2v) is 2.35. The number of para-hydroxylation sites is 1. The highest BCUT2D eigenvalue weighted by atomic mass is 27.0. The zero-order valence-electron chi connectivity index (χ0n) is 7.01. The molecule has 1 aromatic heterocycles. The molecule has 0 saturated carbocycles. The number of benzene rings is 1. The largest absolute Gasteiger partial charge is 0.506 e. The van der Waals surface area contributed by atoms with E-state index in [0.717, 1.165) is 5.39 Å². The van der Waals surface area contributed by atoms with Crippen LogP contribution in [0.2, 0.25) is 0 Å². The van der Waals surface area contributed by atoms with Gasteiger partial charge in [0, 0.05) is 46.3 Å². The number of fused-ring (bicyclic) bond motifs is 1. The van der Waals surface area contributed by atoms with Crippen LogP contribution in [0.1, 0.15) is 0 Å². The topological polar surface area (TPSA) is 33.1 Å². The van der Waals surface area contributed by atoms with Crippen molar-refractivity contribution in [2.75, 3.05) is 0 Å². The molecule has 0 bridgehead atoms. The quantitative estimate of drug-likeness (QED) is 0.646. The number of hydrogen-bond acceptors (Lipinski definition) is 2. The summed E-state index contributed by atoms with van der Waals surface area (Å²) in [5.41, 5.74) is 0.662. The predicted molar refractivity (Wildman–Crippen MR) is 54.9 cm³/mol. The van der Waals surface area contributed by atoms with Crippen LogP contribution in [0.5, 0.6) is 5.75 Å². The summed E-state index contributed by atoms with van der Waals surface area (Å²) in [5.74, 6) is 0.239. The van der Waals surface area contributed by atoms with E-state index in [1.165, 1.54) is 0 Å². The van der Waals surface area contributed by atoms with Gasteiger partial charge in [0.05, 0.1) is 0 Å². The zero-order valence-corrected chi connectivity index (χ0v) is 9.32. The van der Waals surface area contributed by atoms with Crippen molar-refractivity contribution in [1.82, 2.24) is 4.98 Å². The van der Waals surface area contributed by atoms with Gasteiger partial charge in [-0.05, 0) is 12.1 Å². The van der Waals surface area contributed by atoms with Gasteiger partial charge in [-0.2, -0.15) is 0 Å². The first-order valence-corrected chi connectivity index (χ1v) is 3.40. The van der Waals surface area contributed by atoms with Crippen LogP contribution >= 0.6 is 0 Å². The summed E-state index contributed by atoms with van der Waals surface area (Å²) < 4.78 is 0. The van der Waals surface area contributed by atoms with E-state index in [1.54, 1.807) is 18.3 Å². The number of aromatic hydroxyl groups is 1. The molecule has 0 aliphatic rings. The fourth-order valence-corrected chi connectivity index (χ4v) is 1.09. The van der Waals surface area contributed by atoms with Crippen LogP contribution in [0.4, 0.5) is 0 Å². The van der Waals surface area contributed by atoms with Gasteiger partial charge in [0.15, 0.2) is 0 Å². The highest BCUT2D eigenvalue weighted by Crippen LogP contribution is 2.20. The third-order valence-corrected chi connectivity index (χ3v) is 1.61. The Labute approximate surface area is 97.9 Å². The molecule has 0 spiro atoms. The van der Waals surface area contributed by atoms with Crippen molar-refractivity contribution in [3.05, 3.63) is 36.5 Å². The van der Waals surface area contributed by atoms with E-state index in [0.29, 0.717) is 5.52 Å². The smallest absolute Gasteiger partial charge is 0.141 e. The van der Waals surface area contributed by atoms with Gasteiger partial charge in [0.1, 0.15) is 11.3 Å². The average molecular weight is 199 g/mol. The van der Waals surface area contributed by atoms with Crippen molar-refractivity contribution in [3.8, 4) is 5.75 Å². The highest BCUT2D eigenvalue weighted by Gasteiger charge is 1.96. The van der Waals surface area contributed by atoms with Crippen LogP contribution < -0.4 is 0 Å². The molecule has 2 aromatic rings. The molecule has 0 aliphatic carbocycles. The molecular formula is C9H7Al2NO. The van der Waals surface area contributed by atoms with E-state index < -0.39 is 0 Å². The van der Waals surface area contributed by atoms with E-state index in [-0.39, 0.29) is 40.5 Å². The molecule has 0 aliphatic heterocycles. The molecule has 2 nitrogen and oxygen atoms in total. The SMILES string of the molecule is Oc1cccc2cccnc12.[Al].[Al]. The van der Waals surface area contributed by atoms with Gasteiger partial charge in [-0.1, -0.05) is 18.2 Å². The lowest BCUT2D eigenvalue weighted by molar-refractivity contribution is 0.480. The van der Waals surface area contributed by atoms with E-state index in [4.69, 9.17) is 0 Å². The average Bonchev–Trinajstić information content (AvgIpc) is 2.06. The Morgan fingerprint density at radius 3 is 2.38 bits per heavy atom. The van der Waals surface area contributed by atoms with Crippen LogP contribution in [0, 0.1) is 0 Å².